The molecule has 0 fully saturated rings. The predicted molar refractivity (Wildman–Crippen MR) is 127 cm³/mol. The third-order valence-corrected chi connectivity index (χ3v) is 6.00. The highest BCUT2D eigenvalue weighted by Gasteiger charge is 2.21. The zero-order valence-electron chi connectivity index (χ0n) is 18.2. The van der Waals surface area contributed by atoms with Crippen LogP contribution >= 0.6 is 11.8 Å². The summed E-state index contributed by atoms with van der Waals surface area (Å²) in [7, 11) is 0. The lowest BCUT2D eigenvalue weighted by Gasteiger charge is -2.14. The maximum absolute atomic E-state index is 13.0. The van der Waals surface area contributed by atoms with Crippen LogP contribution in [0, 0.1) is 28.5 Å². The van der Waals surface area contributed by atoms with Crippen LogP contribution in [-0.4, -0.2) is 16.6 Å². The molecule has 1 amide bonds. The van der Waals surface area contributed by atoms with Crippen molar-refractivity contribution in [3.05, 3.63) is 76.6 Å². The smallest absolute Gasteiger partial charge is 0.230 e. The number of hydrogen-bond acceptors (Lipinski definition) is 6. The Morgan fingerprint density at radius 3 is 2.30 bits per heavy atom. The number of rotatable bonds is 7. The topological polar surface area (TPSA) is 116 Å². The Kier molecular flexibility index (Phi) is 7.66. The van der Waals surface area contributed by atoms with E-state index in [1.807, 2.05) is 24.3 Å². The number of carbonyl (C=O) groups excluding carboxylic acids is 1. The number of pyridine rings is 1. The van der Waals surface area contributed by atoms with E-state index in [9.17, 15) is 19.7 Å². The molecule has 166 valence electrons. The highest BCUT2D eigenvalue weighted by atomic mass is 32.2. The number of nitrogen functional groups attached to an aromatic ring is 1. The number of thioether (sulfide) groups is 1. The molecule has 0 unspecified atom stereocenters. The lowest BCUT2D eigenvalue weighted by Crippen LogP contribution is -2.24. The van der Waals surface area contributed by atoms with Crippen LogP contribution in [0.2, 0.25) is 0 Å². The van der Waals surface area contributed by atoms with Crippen molar-refractivity contribution < 1.29 is 9.18 Å². The van der Waals surface area contributed by atoms with E-state index in [1.165, 1.54) is 12.1 Å². The largest absolute Gasteiger partial charge is 0.383 e. The number of nitrogens with zero attached hydrogens (tertiary/aromatic N) is 3. The molecule has 3 N–H and O–H groups in total. The van der Waals surface area contributed by atoms with E-state index >= 15 is 0 Å². The third-order valence-electron chi connectivity index (χ3n) is 5.02. The number of carbonyl (C=O) groups is 1. The van der Waals surface area contributed by atoms with Crippen molar-refractivity contribution in [1.82, 2.24) is 10.3 Å². The molecule has 0 bridgehead atoms. The molecule has 2 aromatic carbocycles. The van der Waals surface area contributed by atoms with Gasteiger partial charge >= 0.3 is 0 Å². The van der Waals surface area contributed by atoms with Crippen molar-refractivity contribution in [3.8, 4) is 23.3 Å². The van der Waals surface area contributed by atoms with Crippen LogP contribution in [0.25, 0.3) is 11.1 Å². The minimum Gasteiger partial charge on any atom is -0.383 e. The Morgan fingerprint density at radius 2 is 1.73 bits per heavy atom. The summed E-state index contributed by atoms with van der Waals surface area (Å²) in [5.41, 5.74) is 9.37. The number of benzene rings is 2. The first kappa shape index (κ1) is 23.8. The highest BCUT2D eigenvalue weighted by Crippen LogP contribution is 2.36. The van der Waals surface area contributed by atoms with Gasteiger partial charge in [-0.05, 0) is 34.7 Å². The van der Waals surface area contributed by atoms with Gasteiger partial charge in [-0.3, -0.25) is 4.79 Å². The van der Waals surface area contributed by atoms with E-state index in [-0.39, 0.29) is 46.0 Å². The SMILES string of the molecule is CC(C)c1ccc(-c2c(C#N)c(N)nc(SCC(=O)NCc3ccc(F)cc3)c2C#N)cc1. The molecule has 0 atom stereocenters. The van der Waals surface area contributed by atoms with Crippen LogP contribution in [0.5, 0.6) is 0 Å². The van der Waals surface area contributed by atoms with Gasteiger partial charge < -0.3 is 11.1 Å². The number of nitriles is 2. The Hall–Kier alpha value is -3.88. The Bertz CT molecular complexity index is 1240. The fourth-order valence-corrected chi connectivity index (χ4v) is 4.04. The van der Waals surface area contributed by atoms with Gasteiger partial charge in [0, 0.05) is 12.1 Å². The minimum absolute atomic E-state index is 0.0000574. The van der Waals surface area contributed by atoms with Gasteiger partial charge in [0.15, 0.2) is 0 Å². The summed E-state index contributed by atoms with van der Waals surface area (Å²) in [4.78, 5) is 16.5. The van der Waals surface area contributed by atoms with Crippen molar-refractivity contribution in [2.24, 2.45) is 0 Å². The molecular weight excluding hydrogens is 437 g/mol. The first-order valence-electron chi connectivity index (χ1n) is 10.2. The van der Waals surface area contributed by atoms with Crippen LogP contribution in [0.1, 0.15) is 42.0 Å². The van der Waals surface area contributed by atoms with E-state index in [0.29, 0.717) is 17.0 Å². The molecule has 3 aromatic rings. The van der Waals surface area contributed by atoms with E-state index in [1.54, 1.807) is 12.1 Å². The first-order chi connectivity index (χ1) is 15.8. The second-order valence-corrected chi connectivity index (χ2v) is 8.58. The number of anilines is 1. The van der Waals surface area contributed by atoms with E-state index in [2.05, 4.69) is 36.3 Å². The lowest BCUT2D eigenvalue weighted by atomic mass is 9.94. The predicted octanol–water partition coefficient (Wildman–Crippen LogP) is 4.75. The molecule has 0 saturated heterocycles. The van der Waals surface area contributed by atoms with Crippen molar-refractivity contribution in [2.45, 2.75) is 31.3 Å². The molecule has 33 heavy (non-hydrogen) atoms. The zero-order chi connectivity index (χ0) is 24.0. The van der Waals surface area contributed by atoms with Crippen molar-refractivity contribution in [2.75, 3.05) is 11.5 Å². The van der Waals surface area contributed by atoms with E-state index in [4.69, 9.17) is 5.73 Å². The maximum Gasteiger partial charge on any atom is 0.230 e. The van der Waals surface area contributed by atoms with Gasteiger partial charge in [0.2, 0.25) is 5.91 Å². The fourth-order valence-electron chi connectivity index (χ4n) is 3.21. The molecule has 0 aliphatic heterocycles. The van der Waals surface area contributed by atoms with Crippen molar-refractivity contribution >= 4 is 23.5 Å². The first-order valence-corrected chi connectivity index (χ1v) is 11.2. The van der Waals surface area contributed by atoms with Crippen LogP contribution in [0.15, 0.2) is 53.6 Å². The quantitative estimate of drug-likeness (QED) is 0.493. The lowest BCUT2D eigenvalue weighted by molar-refractivity contribution is -0.118. The van der Waals surface area contributed by atoms with Crippen LogP contribution < -0.4 is 11.1 Å². The zero-order valence-corrected chi connectivity index (χ0v) is 19.0. The summed E-state index contributed by atoms with van der Waals surface area (Å²) in [5.74, 6) is -0.273. The van der Waals surface area contributed by atoms with Crippen LogP contribution in [-0.2, 0) is 11.3 Å². The number of halogens is 1. The summed E-state index contributed by atoms with van der Waals surface area (Å²) >= 11 is 1.07. The van der Waals surface area contributed by atoms with Gasteiger partial charge in [0.05, 0.1) is 11.3 Å². The molecule has 1 heterocycles. The highest BCUT2D eigenvalue weighted by molar-refractivity contribution is 8.00. The summed E-state index contributed by atoms with van der Waals surface area (Å²) in [6.45, 7) is 4.41. The number of nitrogens with one attached hydrogen (secondary N) is 1. The van der Waals surface area contributed by atoms with Crippen molar-refractivity contribution in [3.63, 3.8) is 0 Å². The molecular formula is C25H22FN5OS. The van der Waals surface area contributed by atoms with Crippen molar-refractivity contribution in [1.29, 1.82) is 10.5 Å². The normalized spacial score (nSPS) is 10.5. The number of nitrogens with two attached hydrogens (primary N) is 1. The molecule has 0 radical (unpaired) electrons. The Balaban J connectivity index is 1.83. The number of hydrogen-bond donors (Lipinski definition) is 2. The monoisotopic (exact) mass is 459 g/mol. The third kappa shape index (κ3) is 5.68. The molecule has 3 rings (SSSR count). The summed E-state index contributed by atoms with van der Waals surface area (Å²) in [6.07, 6.45) is 0. The average molecular weight is 460 g/mol. The summed E-state index contributed by atoms with van der Waals surface area (Å²) in [6, 6.07) is 17.6. The fraction of sp³-hybridized carbons (Fsp3) is 0.200. The van der Waals surface area contributed by atoms with Gasteiger partial charge in [-0.15, -0.1) is 0 Å². The Labute approximate surface area is 196 Å². The average Bonchev–Trinajstić information content (AvgIpc) is 2.81. The van der Waals surface area contributed by atoms with Gasteiger partial charge in [-0.2, -0.15) is 10.5 Å². The number of amides is 1. The standard InChI is InChI=1S/C25H22FN5OS/c1-15(2)17-5-7-18(8-6-17)23-20(11-27)24(29)31-25(21(23)12-28)33-14-22(32)30-13-16-3-9-19(26)10-4-16/h3-10,15H,13-14H2,1-2H3,(H2,29,31)(H,30,32). The minimum atomic E-state index is -0.344. The molecule has 0 aliphatic rings. The number of aromatic nitrogens is 1. The van der Waals surface area contributed by atoms with E-state index < -0.39 is 0 Å². The molecule has 0 aliphatic carbocycles. The second kappa shape index (κ2) is 10.6. The van der Waals surface area contributed by atoms with Gasteiger partial charge in [-0.1, -0.05) is 62.0 Å². The molecule has 1 aromatic heterocycles. The maximum atomic E-state index is 13.0. The van der Waals surface area contributed by atoms with Gasteiger partial charge in [-0.25, -0.2) is 9.37 Å². The van der Waals surface area contributed by atoms with Gasteiger partial charge in [0.1, 0.15) is 34.4 Å². The molecule has 6 nitrogen and oxygen atoms in total. The molecule has 0 spiro atoms. The molecule has 8 heteroatoms. The van der Waals surface area contributed by atoms with Crippen LogP contribution in [0.3, 0.4) is 0 Å². The van der Waals surface area contributed by atoms with Gasteiger partial charge in [0.25, 0.3) is 0 Å². The summed E-state index contributed by atoms with van der Waals surface area (Å²) in [5, 5.41) is 22.6. The molecule has 0 saturated carbocycles. The second-order valence-electron chi connectivity index (χ2n) is 7.62. The van der Waals surface area contributed by atoms with E-state index in [0.717, 1.165) is 22.9 Å². The van der Waals surface area contributed by atoms with Crippen LogP contribution in [0.4, 0.5) is 10.2 Å². The summed E-state index contributed by atoms with van der Waals surface area (Å²) < 4.78 is 13.0. The Morgan fingerprint density at radius 1 is 1.09 bits per heavy atom.